The first-order valence-electron chi connectivity index (χ1n) is 6.13. The molecule has 1 saturated heterocycles. The molecular weight excluding hydrogens is 216 g/mol. The summed E-state index contributed by atoms with van der Waals surface area (Å²) in [5, 5.41) is 12.1. The third-order valence-electron chi connectivity index (χ3n) is 3.21. The number of rotatable bonds is 4. The largest absolute Gasteiger partial charge is 0.396 e. The minimum absolute atomic E-state index is 0.293. The lowest BCUT2D eigenvalue weighted by atomic mass is 9.99. The van der Waals surface area contributed by atoms with E-state index in [1.54, 1.807) is 6.20 Å². The van der Waals surface area contributed by atoms with Gasteiger partial charge in [-0.05, 0) is 25.3 Å². The number of piperidine rings is 1. The van der Waals surface area contributed by atoms with Crippen LogP contribution in [0.25, 0.3) is 0 Å². The molecule has 1 aromatic rings. The van der Waals surface area contributed by atoms with Crippen molar-refractivity contribution < 1.29 is 5.11 Å². The van der Waals surface area contributed by atoms with Gasteiger partial charge in [-0.2, -0.15) is 0 Å². The van der Waals surface area contributed by atoms with Gasteiger partial charge in [0.25, 0.3) is 0 Å². The fourth-order valence-corrected chi connectivity index (χ4v) is 2.24. The third-order valence-corrected chi connectivity index (χ3v) is 3.21. The lowest BCUT2D eigenvalue weighted by molar-refractivity contribution is 0.115. The smallest absolute Gasteiger partial charge is 0.144 e. The van der Waals surface area contributed by atoms with Crippen molar-refractivity contribution in [2.24, 2.45) is 5.92 Å². The maximum atomic E-state index is 9.18. The second-order valence-corrected chi connectivity index (χ2v) is 4.57. The van der Waals surface area contributed by atoms with E-state index in [9.17, 15) is 5.11 Å². The molecule has 1 fully saturated rings. The molecule has 5 nitrogen and oxygen atoms in total. The minimum atomic E-state index is 0.293. The van der Waals surface area contributed by atoms with Gasteiger partial charge in [0, 0.05) is 26.7 Å². The van der Waals surface area contributed by atoms with E-state index in [0.717, 1.165) is 44.0 Å². The molecule has 0 radical (unpaired) electrons. The van der Waals surface area contributed by atoms with Crippen LogP contribution in [-0.4, -0.2) is 46.7 Å². The predicted octanol–water partition coefficient (Wildman–Crippen LogP) is 0.723. The average Bonchev–Trinajstić information content (AvgIpc) is 2.40. The summed E-state index contributed by atoms with van der Waals surface area (Å²) < 4.78 is 0. The zero-order valence-corrected chi connectivity index (χ0v) is 10.3. The summed E-state index contributed by atoms with van der Waals surface area (Å²) in [4.78, 5) is 11.0. The molecule has 0 aromatic carbocycles. The number of aliphatic hydroxyl groups is 1. The van der Waals surface area contributed by atoms with Gasteiger partial charge in [-0.25, -0.2) is 4.98 Å². The molecule has 0 spiro atoms. The topological polar surface area (TPSA) is 61.3 Å². The molecule has 17 heavy (non-hydrogen) atoms. The Morgan fingerprint density at radius 3 is 3.00 bits per heavy atom. The first-order chi connectivity index (χ1) is 8.31. The van der Waals surface area contributed by atoms with Gasteiger partial charge < -0.3 is 10.4 Å². The molecule has 1 aliphatic rings. The zero-order valence-electron chi connectivity index (χ0n) is 10.3. The molecule has 1 unspecified atom stereocenters. The van der Waals surface area contributed by atoms with Crippen LogP contribution in [0.2, 0.25) is 0 Å². The van der Waals surface area contributed by atoms with E-state index in [1.807, 2.05) is 13.2 Å². The molecule has 0 saturated carbocycles. The van der Waals surface area contributed by atoms with E-state index < -0.39 is 0 Å². The number of hydrogen-bond donors (Lipinski definition) is 2. The van der Waals surface area contributed by atoms with Crippen LogP contribution < -0.4 is 5.32 Å². The van der Waals surface area contributed by atoms with Crippen LogP contribution in [0.15, 0.2) is 12.4 Å². The number of likely N-dealkylation sites (tertiary alicyclic amines) is 1. The molecule has 0 bridgehead atoms. The molecule has 2 N–H and O–H groups in total. The van der Waals surface area contributed by atoms with Gasteiger partial charge >= 0.3 is 0 Å². The maximum Gasteiger partial charge on any atom is 0.144 e. The van der Waals surface area contributed by atoms with E-state index in [1.165, 1.54) is 0 Å². The first kappa shape index (κ1) is 12.3. The maximum absolute atomic E-state index is 9.18. The number of nitrogens with zero attached hydrogens (tertiary/aromatic N) is 3. The lowest BCUT2D eigenvalue weighted by Crippen LogP contribution is -2.36. The van der Waals surface area contributed by atoms with Gasteiger partial charge in [0.15, 0.2) is 0 Å². The van der Waals surface area contributed by atoms with Crippen LogP contribution in [0.4, 0.5) is 5.82 Å². The van der Waals surface area contributed by atoms with Crippen molar-refractivity contribution in [3.63, 3.8) is 0 Å². The highest BCUT2D eigenvalue weighted by molar-refractivity contribution is 5.29. The number of aliphatic hydroxyl groups excluding tert-OH is 1. The fraction of sp³-hybridized carbons (Fsp3) is 0.667. The predicted molar refractivity (Wildman–Crippen MR) is 66.7 cm³/mol. The Balaban J connectivity index is 1.90. The van der Waals surface area contributed by atoms with Crippen molar-refractivity contribution in [2.75, 3.05) is 32.1 Å². The van der Waals surface area contributed by atoms with Crippen LogP contribution >= 0.6 is 0 Å². The van der Waals surface area contributed by atoms with Crippen molar-refractivity contribution >= 4 is 5.82 Å². The summed E-state index contributed by atoms with van der Waals surface area (Å²) in [5.41, 5.74) is 0.989. The Kier molecular flexibility index (Phi) is 4.28. The van der Waals surface area contributed by atoms with Gasteiger partial charge in [0.05, 0.1) is 18.1 Å². The third kappa shape index (κ3) is 3.38. The summed E-state index contributed by atoms with van der Waals surface area (Å²) in [6.07, 6.45) is 5.86. The van der Waals surface area contributed by atoms with Gasteiger partial charge in [-0.15, -0.1) is 0 Å². The molecule has 2 heterocycles. The fourth-order valence-electron chi connectivity index (χ4n) is 2.24. The Morgan fingerprint density at radius 1 is 1.47 bits per heavy atom. The molecule has 94 valence electrons. The monoisotopic (exact) mass is 236 g/mol. The number of hydrogen-bond acceptors (Lipinski definition) is 5. The van der Waals surface area contributed by atoms with Crippen LogP contribution in [0, 0.1) is 5.92 Å². The van der Waals surface area contributed by atoms with Crippen molar-refractivity contribution in [3.05, 3.63) is 18.1 Å². The first-order valence-corrected chi connectivity index (χ1v) is 6.13. The highest BCUT2D eigenvalue weighted by Crippen LogP contribution is 2.17. The van der Waals surface area contributed by atoms with Gasteiger partial charge in [-0.1, -0.05) is 0 Å². The SMILES string of the molecule is CNc1cnc(CN2CCCC(CO)C2)cn1. The van der Waals surface area contributed by atoms with Gasteiger partial charge in [0.2, 0.25) is 0 Å². The molecule has 2 rings (SSSR count). The Bertz CT molecular complexity index is 341. The standard InChI is InChI=1S/C12H20N4O/c1-13-12-6-14-11(5-15-12)8-16-4-2-3-10(7-16)9-17/h5-6,10,17H,2-4,7-9H2,1H3,(H,13,15). The normalized spacial score (nSPS) is 21.4. The van der Waals surface area contributed by atoms with Crippen LogP contribution in [0.1, 0.15) is 18.5 Å². The highest BCUT2D eigenvalue weighted by atomic mass is 16.3. The Labute approximate surface area is 102 Å². The minimum Gasteiger partial charge on any atom is -0.396 e. The summed E-state index contributed by atoms with van der Waals surface area (Å²) in [6, 6.07) is 0. The zero-order chi connectivity index (χ0) is 12.1. The van der Waals surface area contributed by atoms with Gasteiger partial charge in [-0.3, -0.25) is 9.88 Å². The summed E-state index contributed by atoms with van der Waals surface area (Å²) >= 11 is 0. The Hall–Kier alpha value is -1.20. The van der Waals surface area contributed by atoms with Crippen LogP contribution in [0.5, 0.6) is 0 Å². The summed E-state index contributed by atoms with van der Waals surface area (Å²) in [6.45, 7) is 3.17. The average molecular weight is 236 g/mol. The molecule has 1 atom stereocenters. The quantitative estimate of drug-likeness (QED) is 0.806. The molecule has 0 amide bonds. The van der Waals surface area contributed by atoms with E-state index in [0.29, 0.717) is 12.5 Å². The van der Waals surface area contributed by atoms with Crippen molar-refractivity contribution in [3.8, 4) is 0 Å². The lowest BCUT2D eigenvalue weighted by Gasteiger charge is -2.31. The number of anilines is 1. The summed E-state index contributed by atoms with van der Waals surface area (Å²) in [5.74, 6) is 1.22. The van der Waals surface area contributed by atoms with Crippen LogP contribution in [0.3, 0.4) is 0 Å². The molecule has 1 aliphatic heterocycles. The van der Waals surface area contributed by atoms with Crippen molar-refractivity contribution in [1.82, 2.24) is 14.9 Å². The van der Waals surface area contributed by atoms with E-state index in [-0.39, 0.29) is 0 Å². The van der Waals surface area contributed by atoms with E-state index in [4.69, 9.17) is 0 Å². The second kappa shape index (κ2) is 5.93. The molecule has 0 aliphatic carbocycles. The van der Waals surface area contributed by atoms with Crippen molar-refractivity contribution in [1.29, 1.82) is 0 Å². The number of aromatic nitrogens is 2. The van der Waals surface area contributed by atoms with E-state index in [2.05, 4.69) is 20.2 Å². The van der Waals surface area contributed by atoms with Crippen LogP contribution in [-0.2, 0) is 6.54 Å². The molecule has 5 heteroatoms. The van der Waals surface area contributed by atoms with E-state index >= 15 is 0 Å². The highest BCUT2D eigenvalue weighted by Gasteiger charge is 2.19. The summed E-state index contributed by atoms with van der Waals surface area (Å²) in [7, 11) is 1.83. The number of nitrogens with one attached hydrogen (secondary N) is 1. The Morgan fingerprint density at radius 2 is 2.35 bits per heavy atom. The van der Waals surface area contributed by atoms with Gasteiger partial charge in [0.1, 0.15) is 5.82 Å². The van der Waals surface area contributed by atoms with Crippen molar-refractivity contribution in [2.45, 2.75) is 19.4 Å². The molecule has 1 aromatic heterocycles. The molecular formula is C12H20N4O. The second-order valence-electron chi connectivity index (χ2n) is 4.57.